The molecule has 1 N–H and O–H groups in total. The van der Waals surface area contributed by atoms with E-state index >= 15 is 0 Å². The highest BCUT2D eigenvalue weighted by Gasteiger charge is 2.14. The van der Waals surface area contributed by atoms with Crippen molar-refractivity contribution >= 4 is 22.4 Å². The molecule has 1 radical (unpaired) electrons. The van der Waals surface area contributed by atoms with Crippen LogP contribution in [-0.2, 0) is 7.05 Å². The molecule has 0 aliphatic rings. The highest BCUT2D eigenvalue weighted by Crippen LogP contribution is 2.30. The maximum absolute atomic E-state index is 13.6. The Kier molecular flexibility index (Phi) is 4.72. The van der Waals surface area contributed by atoms with Crippen molar-refractivity contribution < 1.29 is 8.78 Å². The molecule has 2 heterocycles. The minimum Gasteiger partial charge on any atom is -0.268 e. The molecule has 0 amide bonds. The molecule has 4 aromatic rings. The van der Waals surface area contributed by atoms with Crippen LogP contribution in [0.5, 0.6) is 0 Å². The van der Waals surface area contributed by atoms with Gasteiger partial charge in [0.15, 0.2) is 11.6 Å². The molecule has 8 heteroatoms. The Bertz CT molecular complexity index is 1430. The van der Waals surface area contributed by atoms with Crippen LogP contribution in [0.15, 0.2) is 47.4 Å². The Morgan fingerprint density at radius 1 is 1.20 bits per heavy atom. The number of allylic oxidation sites excluding steroid dienone is 1. The van der Waals surface area contributed by atoms with Crippen LogP contribution in [0.4, 0.5) is 8.78 Å². The maximum Gasteiger partial charge on any atom is 0.272 e. The van der Waals surface area contributed by atoms with E-state index < -0.39 is 11.6 Å². The van der Waals surface area contributed by atoms with Crippen molar-refractivity contribution in [1.29, 1.82) is 5.26 Å². The molecule has 6 nitrogen and oxygen atoms in total. The number of aromatic nitrogens is 4. The Morgan fingerprint density at radius 3 is 2.73 bits per heavy atom. The lowest BCUT2D eigenvalue weighted by molar-refractivity contribution is 0.508. The van der Waals surface area contributed by atoms with Gasteiger partial charge in [0.2, 0.25) is 0 Å². The molecule has 0 fully saturated rings. The first-order valence-corrected chi connectivity index (χ1v) is 8.83. The first-order chi connectivity index (χ1) is 14.4. The Labute approximate surface area is 169 Å². The van der Waals surface area contributed by atoms with Crippen LogP contribution >= 0.6 is 0 Å². The van der Waals surface area contributed by atoms with Crippen molar-refractivity contribution in [3.63, 3.8) is 0 Å². The van der Waals surface area contributed by atoms with Gasteiger partial charge in [0.25, 0.3) is 5.56 Å². The first-order valence-electron chi connectivity index (χ1n) is 8.83. The van der Waals surface area contributed by atoms with Gasteiger partial charge in [-0.1, -0.05) is 12.1 Å². The predicted molar refractivity (Wildman–Crippen MR) is 109 cm³/mol. The lowest BCUT2D eigenvalue weighted by Crippen LogP contribution is -2.09. The van der Waals surface area contributed by atoms with Gasteiger partial charge in [-0.2, -0.15) is 15.5 Å². The minimum atomic E-state index is -1.03. The molecule has 4 rings (SSSR count). The first kappa shape index (κ1) is 19.2. The van der Waals surface area contributed by atoms with Crippen molar-refractivity contribution in [2.75, 3.05) is 0 Å². The standard InChI is InChI=1S/C22H14F2N5O/c1-12-17-7-14(3-5-16(17)22(30)28-27-12)18-11-26-29(2)21(18)9-15(10-25)13-4-6-19(23)20(24)8-13/h3-9,11H,1H2,2H3,(H,28,30). The highest BCUT2D eigenvalue weighted by atomic mass is 19.2. The summed E-state index contributed by atoms with van der Waals surface area (Å²) in [5.74, 6) is -2.02. The summed E-state index contributed by atoms with van der Waals surface area (Å²) in [4.78, 5) is 12.0. The molecule has 2 aromatic heterocycles. The molecular formula is C22H14F2N5O. The zero-order chi connectivity index (χ0) is 21.4. The van der Waals surface area contributed by atoms with Crippen LogP contribution in [0.2, 0.25) is 0 Å². The highest BCUT2D eigenvalue weighted by molar-refractivity contribution is 5.94. The summed E-state index contributed by atoms with van der Waals surface area (Å²) in [7, 11) is 1.70. The number of nitriles is 1. The predicted octanol–water partition coefficient (Wildman–Crippen LogP) is 3.85. The summed E-state index contributed by atoms with van der Waals surface area (Å²) in [6, 6.07) is 10.5. The fraction of sp³-hybridized carbons (Fsp3) is 0.0455. The third-order valence-electron chi connectivity index (χ3n) is 4.80. The maximum atomic E-state index is 13.6. The van der Waals surface area contributed by atoms with Crippen molar-refractivity contribution in [3.05, 3.63) is 88.5 Å². The van der Waals surface area contributed by atoms with Crippen molar-refractivity contribution in [3.8, 4) is 17.2 Å². The summed E-state index contributed by atoms with van der Waals surface area (Å²) in [5, 5.41) is 21.2. The number of aryl methyl sites for hydroxylation is 1. The second-order valence-corrected chi connectivity index (χ2v) is 6.63. The number of hydrogen-bond acceptors (Lipinski definition) is 4. The smallest absolute Gasteiger partial charge is 0.268 e. The molecule has 0 unspecified atom stereocenters. The Hall–Kier alpha value is -4.12. The van der Waals surface area contributed by atoms with E-state index in [1.807, 2.05) is 6.07 Å². The number of H-pyrrole nitrogens is 1. The number of nitrogens with one attached hydrogen (secondary N) is 1. The summed E-state index contributed by atoms with van der Waals surface area (Å²) in [6.45, 7) is 3.85. The van der Waals surface area contributed by atoms with Gasteiger partial charge in [-0.25, -0.2) is 13.9 Å². The number of benzene rings is 2. The zero-order valence-corrected chi connectivity index (χ0v) is 15.8. The van der Waals surface area contributed by atoms with Crippen LogP contribution in [0, 0.1) is 29.9 Å². The number of aromatic amines is 1. The van der Waals surface area contributed by atoms with E-state index in [0.29, 0.717) is 27.7 Å². The van der Waals surface area contributed by atoms with Crippen LogP contribution in [0.25, 0.3) is 33.5 Å². The molecule has 30 heavy (non-hydrogen) atoms. The van der Waals surface area contributed by atoms with Crippen molar-refractivity contribution in [1.82, 2.24) is 20.0 Å². The van der Waals surface area contributed by atoms with E-state index in [1.165, 1.54) is 6.07 Å². The monoisotopic (exact) mass is 402 g/mol. The lowest BCUT2D eigenvalue weighted by atomic mass is 9.99. The van der Waals surface area contributed by atoms with E-state index in [9.17, 15) is 18.8 Å². The second-order valence-electron chi connectivity index (χ2n) is 6.63. The third kappa shape index (κ3) is 3.26. The molecule has 0 saturated heterocycles. The van der Waals surface area contributed by atoms with E-state index in [2.05, 4.69) is 22.2 Å². The zero-order valence-electron chi connectivity index (χ0n) is 15.8. The average Bonchev–Trinajstić information content (AvgIpc) is 3.11. The fourth-order valence-electron chi connectivity index (χ4n) is 3.21. The van der Waals surface area contributed by atoms with E-state index in [-0.39, 0.29) is 16.7 Å². The fourth-order valence-corrected chi connectivity index (χ4v) is 3.21. The normalized spacial score (nSPS) is 11.6. The van der Waals surface area contributed by atoms with Crippen molar-refractivity contribution in [2.45, 2.75) is 0 Å². The van der Waals surface area contributed by atoms with E-state index in [0.717, 1.165) is 17.7 Å². The van der Waals surface area contributed by atoms with Crippen LogP contribution in [0.1, 0.15) is 17.0 Å². The lowest BCUT2D eigenvalue weighted by Gasteiger charge is -2.07. The molecule has 0 saturated carbocycles. The van der Waals surface area contributed by atoms with E-state index in [1.54, 1.807) is 42.2 Å². The number of nitrogens with zero attached hydrogens (tertiary/aromatic N) is 4. The van der Waals surface area contributed by atoms with Crippen molar-refractivity contribution in [2.24, 2.45) is 7.05 Å². The molecule has 0 spiro atoms. The summed E-state index contributed by atoms with van der Waals surface area (Å²) >= 11 is 0. The SMILES string of the molecule is [CH2]c1n[nH]c(=O)c2ccc(-c3cnn(C)c3C=C(C#N)c3ccc(F)c(F)c3)cc12. The Morgan fingerprint density at radius 2 is 2.00 bits per heavy atom. The van der Waals surface area contributed by atoms with Gasteiger partial charge in [-0.05, 0) is 48.4 Å². The van der Waals surface area contributed by atoms with Gasteiger partial charge in [-0.15, -0.1) is 0 Å². The van der Waals surface area contributed by atoms with E-state index in [4.69, 9.17) is 0 Å². The number of fused-ring (bicyclic) bond motifs is 1. The van der Waals surface area contributed by atoms with Gasteiger partial charge in [0.1, 0.15) is 0 Å². The van der Waals surface area contributed by atoms with Crippen LogP contribution < -0.4 is 5.56 Å². The van der Waals surface area contributed by atoms with Gasteiger partial charge >= 0.3 is 0 Å². The molecule has 0 bridgehead atoms. The summed E-state index contributed by atoms with van der Waals surface area (Å²) in [5.41, 5.74) is 2.51. The van der Waals surface area contributed by atoms with Gasteiger partial charge in [0.05, 0.1) is 34.6 Å². The average molecular weight is 402 g/mol. The number of rotatable bonds is 3. The molecular weight excluding hydrogens is 388 g/mol. The molecule has 147 valence electrons. The van der Waals surface area contributed by atoms with Crippen LogP contribution in [0.3, 0.4) is 0 Å². The summed E-state index contributed by atoms with van der Waals surface area (Å²) < 4.78 is 28.5. The number of halogens is 2. The van der Waals surface area contributed by atoms with Gasteiger partial charge in [-0.3, -0.25) is 9.48 Å². The van der Waals surface area contributed by atoms with Gasteiger partial charge in [0, 0.05) is 18.0 Å². The third-order valence-corrected chi connectivity index (χ3v) is 4.80. The Balaban J connectivity index is 1.88. The largest absolute Gasteiger partial charge is 0.272 e. The summed E-state index contributed by atoms with van der Waals surface area (Å²) in [6.07, 6.45) is 3.18. The molecule has 0 atom stereocenters. The minimum absolute atomic E-state index is 0.149. The quantitative estimate of drug-likeness (QED) is 0.528. The second kappa shape index (κ2) is 7.37. The van der Waals surface area contributed by atoms with Crippen LogP contribution in [-0.4, -0.2) is 20.0 Å². The number of hydrogen-bond donors (Lipinski definition) is 1. The topological polar surface area (TPSA) is 87.4 Å². The molecule has 2 aromatic carbocycles. The molecule has 0 aliphatic carbocycles. The van der Waals surface area contributed by atoms with Gasteiger partial charge < -0.3 is 0 Å². The molecule has 0 aliphatic heterocycles.